The van der Waals surface area contributed by atoms with E-state index in [4.69, 9.17) is 0 Å². The fraction of sp³-hybridized carbons (Fsp3) is 0.484. The first kappa shape index (κ1) is 22.9. The number of nitrogens with zero attached hydrogens (tertiary/aromatic N) is 4. The van der Waals surface area contributed by atoms with Gasteiger partial charge in [-0.3, -0.25) is 9.38 Å². The Morgan fingerprint density at radius 3 is 1.97 bits per heavy atom. The summed E-state index contributed by atoms with van der Waals surface area (Å²) in [5.41, 5.74) is 12.2. The summed E-state index contributed by atoms with van der Waals surface area (Å²) in [4.78, 5) is 4.90. The summed E-state index contributed by atoms with van der Waals surface area (Å²) in [7, 11) is 14.0. The molecule has 184 valence electrons. The molecule has 0 saturated heterocycles. The SMILES string of the molecule is CN1/C(=C/C=CC2N(C)c3ccc4c(c3[N+]2(C)C)CCCC4)[N+](C)(C)c2c1ccc1c2CCCC1. The number of rotatable bonds is 2. The molecule has 6 rings (SSSR count). The quantitative estimate of drug-likeness (QED) is 0.504. The lowest BCUT2D eigenvalue weighted by Gasteiger charge is -2.33. The van der Waals surface area contributed by atoms with Gasteiger partial charge in [0, 0.05) is 31.3 Å². The van der Waals surface area contributed by atoms with Crippen molar-refractivity contribution in [3.05, 3.63) is 70.6 Å². The zero-order valence-corrected chi connectivity index (χ0v) is 22.6. The molecule has 0 amide bonds. The van der Waals surface area contributed by atoms with Gasteiger partial charge in [-0.25, -0.2) is 4.48 Å². The van der Waals surface area contributed by atoms with E-state index in [1.165, 1.54) is 74.2 Å². The average molecular weight is 471 g/mol. The van der Waals surface area contributed by atoms with Gasteiger partial charge in [0.25, 0.3) is 0 Å². The topological polar surface area (TPSA) is 6.48 Å². The molecule has 1 unspecified atom stereocenters. The van der Waals surface area contributed by atoms with Gasteiger partial charge in [0.15, 0.2) is 17.5 Å². The van der Waals surface area contributed by atoms with Crippen molar-refractivity contribution in [3.63, 3.8) is 0 Å². The number of quaternary nitrogens is 2. The van der Waals surface area contributed by atoms with Gasteiger partial charge in [0.1, 0.15) is 11.4 Å². The molecule has 0 N–H and O–H groups in total. The Kier molecular flexibility index (Phi) is 5.21. The molecule has 0 spiro atoms. The first-order valence-corrected chi connectivity index (χ1v) is 13.6. The second-order valence-electron chi connectivity index (χ2n) is 12.0. The van der Waals surface area contributed by atoms with Crippen LogP contribution in [0.5, 0.6) is 0 Å². The van der Waals surface area contributed by atoms with Crippen molar-refractivity contribution in [2.75, 3.05) is 52.1 Å². The van der Waals surface area contributed by atoms with E-state index in [0.29, 0.717) is 6.17 Å². The average Bonchev–Trinajstić information content (AvgIpc) is 3.17. The Morgan fingerprint density at radius 2 is 1.31 bits per heavy atom. The maximum absolute atomic E-state index is 2.49. The molecule has 4 aliphatic rings. The summed E-state index contributed by atoms with van der Waals surface area (Å²) in [6, 6.07) is 9.50. The fourth-order valence-corrected chi connectivity index (χ4v) is 7.62. The first-order valence-electron chi connectivity index (χ1n) is 13.6. The van der Waals surface area contributed by atoms with E-state index >= 15 is 0 Å². The van der Waals surface area contributed by atoms with E-state index in [1.807, 2.05) is 0 Å². The molecule has 35 heavy (non-hydrogen) atoms. The Bertz CT molecular complexity index is 1250. The van der Waals surface area contributed by atoms with Gasteiger partial charge in [0.2, 0.25) is 5.82 Å². The summed E-state index contributed by atoms with van der Waals surface area (Å²) in [5.74, 6) is 1.34. The number of hydrogen-bond acceptors (Lipinski definition) is 2. The van der Waals surface area contributed by atoms with Crippen LogP contribution in [0.25, 0.3) is 0 Å². The third kappa shape index (κ3) is 3.26. The third-order valence-corrected chi connectivity index (χ3v) is 9.34. The van der Waals surface area contributed by atoms with Gasteiger partial charge in [-0.2, -0.15) is 0 Å². The normalized spacial score (nSPS) is 25.1. The molecule has 1 atom stereocenters. The third-order valence-electron chi connectivity index (χ3n) is 9.34. The number of aryl methyl sites for hydroxylation is 2. The van der Waals surface area contributed by atoms with Gasteiger partial charge in [-0.05, 0) is 80.7 Å². The molecule has 4 heteroatoms. The molecule has 0 fully saturated rings. The van der Waals surface area contributed by atoms with Gasteiger partial charge >= 0.3 is 0 Å². The molecule has 4 nitrogen and oxygen atoms in total. The molecule has 2 aliphatic carbocycles. The summed E-state index contributed by atoms with van der Waals surface area (Å²) >= 11 is 0. The molecular formula is C31H42N4+2. The maximum Gasteiger partial charge on any atom is 0.213 e. The first-order chi connectivity index (χ1) is 16.7. The number of allylic oxidation sites excluding steroid dienone is 2. The molecule has 0 aromatic heterocycles. The molecule has 2 aromatic rings. The van der Waals surface area contributed by atoms with E-state index < -0.39 is 0 Å². The highest BCUT2D eigenvalue weighted by Crippen LogP contribution is 2.50. The number of likely N-dealkylation sites (N-methyl/N-ethyl adjacent to an activating group) is 2. The van der Waals surface area contributed by atoms with Crippen LogP contribution in [0.3, 0.4) is 0 Å². The highest BCUT2D eigenvalue weighted by Gasteiger charge is 2.46. The van der Waals surface area contributed by atoms with Gasteiger partial charge in [-0.15, -0.1) is 0 Å². The summed E-state index contributed by atoms with van der Waals surface area (Å²) in [5, 5.41) is 0. The Balaban J connectivity index is 1.34. The van der Waals surface area contributed by atoms with Crippen molar-refractivity contribution < 1.29 is 0 Å². The minimum atomic E-state index is 0.299. The summed E-state index contributed by atoms with van der Waals surface area (Å²) < 4.78 is 1.72. The van der Waals surface area contributed by atoms with Crippen molar-refractivity contribution >= 4 is 22.7 Å². The Morgan fingerprint density at radius 1 is 0.743 bits per heavy atom. The minimum absolute atomic E-state index is 0.299. The van der Waals surface area contributed by atoms with Crippen molar-refractivity contribution in [1.82, 2.24) is 8.97 Å². The van der Waals surface area contributed by atoms with Crippen LogP contribution in [0.15, 0.2) is 48.3 Å². The molecule has 0 saturated carbocycles. The van der Waals surface area contributed by atoms with Crippen molar-refractivity contribution in [2.24, 2.45) is 0 Å². The molecule has 0 radical (unpaired) electrons. The van der Waals surface area contributed by atoms with E-state index in [0.717, 1.165) is 8.97 Å². The molecule has 0 bridgehead atoms. The minimum Gasteiger partial charge on any atom is -0.317 e. The zero-order chi connectivity index (χ0) is 24.5. The Labute approximate surface area is 211 Å². The highest BCUT2D eigenvalue weighted by atomic mass is 15.5. The van der Waals surface area contributed by atoms with Gasteiger partial charge < -0.3 is 4.90 Å². The van der Waals surface area contributed by atoms with Crippen LogP contribution in [0.4, 0.5) is 22.7 Å². The Hall–Kier alpha value is -2.56. The number of fused-ring (bicyclic) bond motifs is 6. The van der Waals surface area contributed by atoms with Crippen LogP contribution in [0, 0.1) is 0 Å². The lowest BCUT2D eigenvalue weighted by molar-refractivity contribution is 0.358. The van der Waals surface area contributed by atoms with Gasteiger partial charge in [-0.1, -0.05) is 18.2 Å². The van der Waals surface area contributed by atoms with Crippen LogP contribution in [0.2, 0.25) is 0 Å². The van der Waals surface area contributed by atoms with E-state index in [9.17, 15) is 0 Å². The van der Waals surface area contributed by atoms with Gasteiger partial charge in [0.05, 0.1) is 28.2 Å². The lowest BCUT2D eigenvalue weighted by atomic mass is 9.89. The van der Waals surface area contributed by atoms with Crippen LogP contribution >= 0.6 is 0 Å². The smallest absolute Gasteiger partial charge is 0.213 e. The number of hydrogen-bond donors (Lipinski definition) is 0. The van der Waals surface area contributed by atoms with Crippen molar-refractivity contribution in [1.29, 1.82) is 0 Å². The summed E-state index contributed by atoms with van der Waals surface area (Å²) in [6.45, 7) is 0. The van der Waals surface area contributed by atoms with Crippen LogP contribution in [0.1, 0.15) is 47.9 Å². The predicted octanol–water partition coefficient (Wildman–Crippen LogP) is 5.90. The van der Waals surface area contributed by atoms with E-state index in [2.05, 4.69) is 94.6 Å². The maximum atomic E-state index is 2.49. The standard InChI is InChI=1S/C31H42N4/c1-32-26-20-18-22-12-7-9-14-24(22)30(26)34(3,4)28(32)16-11-17-29-33(2)27-21-19-23-13-8-10-15-25(23)31(27)35(29,5)6/h11,16-21,28H,7-10,12-15H2,1-6H3/q+2/b16-11?,29-17-. The monoisotopic (exact) mass is 470 g/mol. The fourth-order valence-electron chi connectivity index (χ4n) is 7.62. The highest BCUT2D eigenvalue weighted by molar-refractivity contribution is 5.83. The molecular weight excluding hydrogens is 428 g/mol. The number of benzene rings is 2. The second kappa shape index (κ2) is 7.97. The van der Waals surface area contributed by atoms with Crippen LogP contribution < -0.4 is 18.8 Å². The largest absolute Gasteiger partial charge is 0.317 e. The lowest BCUT2D eigenvalue weighted by Crippen LogP contribution is -2.52. The molecule has 2 heterocycles. The van der Waals surface area contributed by atoms with Crippen LogP contribution in [-0.2, 0) is 25.7 Å². The van der Waals surface area contributed by atoms with Crippen LogP contribution in [-0.4, -0.2) is 48.5 Å². The number of anilines is 2. The van der Waals surface area contributed by atoms with E-state index in [-0.39, 0.29) is 0 Å². The predicted molar refractivity (Wildman–Crippen MR) is 151 cm³/mol. The summed E-state index contributed by atoms with van der Waals surface area (Å²) in [6.07, 6.45) is 17.6. The zero-order valence-electron chi connectivity index (χ0n) is 22.6. The van der Waals surface area contributed by atoms with Crippen molar-refractivity contribution in [3.8, 4) is 0 Å². The van der Waals surface area contributed by atoms with Crippen molar-refractivity contribution in [2.45, 2.75) is 57.5 Å². The molecule has 2 aliphatic heterocycles. The molecule has 2 aromatic carbocycles. The second-order valence-corrected chi connectivity index (χ2v) is 12.0. The van der Waals surface area contributed by atoms with E-state index in [1.54, 1.807) is 27.9 Å².